The molecular weight excluding hydrogens is 378 g/mol. The van der Waals surface area contributed by atoms with Gasteiger partial charge in [-0.15, -0.1) is 0 Å². The molecule has 1 N–H and O–H groups in total. The molecule has 160 valence electrons. The SMILES string of the molecule is O=C(NCCc1nccn1Cc1ccccc1)[C@H]1CCCN(C(=O)N2CCCC2)C1. The maximum Gasteiger partial charge on any atom is 0.320 e. The minimum Gasteiger partial charge on any atom is -0.355 e. The Hall–Kier alpha value is -2.83. The summed E-state index contributed by atoms with van der Waals surface area (Å²) in [4.78, 5) is 33.6. The lowest BCUT2D eigenvalue weighted by atomic mass is 9.97. The molecule has 0 bridgehead atoms. The molecule has 7 heteroatoms. The molecule has 2 fully saturated rings. The number of hydrogen-bond acceptors (Lipinski definition) is 3. The summed E-state index contributed by atoms with van der Waals surface area (Å²) in [5.41, 5.74) is 1.23. The van der Waals surface area contributed by atoms with Crippen molar-refractivity contribution < 1.29 is 9.59 Å². The normalized spacial score (nSPS) is 19.1. The van der Waals surface area contributed by atoms with Crippen molar-refractivity contribution in [3.63, 3.8) is 0 Å². The lowest BCUT2D eigenvalue weighted by Crippen LogP contribution is -2.49. The molecule has 1 aromatic carbocycles. The quantitative estimate of drug-likeness (QED) is 0.797. The van der Waals surface area contributed by atoms with Crippen LogP contribution < -0.4 is 5.32 Å². The Bertz CT molecular complexity index is 844. The van der Waals surface area contributed by atoms with Gasteiger partial charge in [-0.3, -0.25) is 4.79 Å². The predicted molar refractivity (Wildman–Crippen MR) is 115 cm³/mol. The Morgan fingerprint density at radius 2 is 1.80 bits per heavy atom. The molecule has 0 aliphatic carbocycles. The van der Waals surface area contributed by atoms with Crippen LogP contribution in [0.4, 0.5) is 4.79 Å². The van der Waals surface area contributed by atoms with Gasteiger partial charge in [0.05, 0.1) is 5.92 Å². The van der Waals surface area contributed by atoms with Crippen molar-refractivity contribution in [2.45, 2.75) is 38.6 Å². The molecule has 0 radical (unpaired) electrons. The molecule has 4 rings (SSSR count). The van der Waals surface area contributed by atoms with Gasteiger partial charge in [0, 0.05) is 58.1 Å². The molecule has 30 heavy (non-hydrogen) atoms. The lowest BCUT2D eigenvalue weighted by molar-refractivity contribution is -0.126. The highest BCUT2D eigenvalue weighted by atomic mass is 16.2. The molecule has 0 saturated carbocycles. The number of hydrogen-bond donors (Lipinski definition) is 1. The van der Waals surface area contributed by atoms with E-state index in [-0.39, 0.29) is 17.9 Å². The summed E-state index contributed by atoms with van der Waals surface area (Å²) in [6.07, 6.45) is 8.38. The van der Waals surface area contributed by atoms with Gasteiger partial charge in [0.2, 0.25) is 5.91 Å². The van der Waals surface area contributed by atoms with Gasteiger partial charge in [0.25, 0.3) is 0 Å². The molecule has 0 spiro atoms. The molecular formula is C23H31N5O2. The largest absolute Gasteiger partial charge is 0.355 e. The molecule has 3 heterocycles. The minimum absolute atomic E-state index is 0.0510. The third kappa shape index (κ3) is 5.01. The monoisotopic (exact) mass is 409 g/mol. The number of piperidine rings is 1. The van der Waals surface area contributed by atoms with Gasteiger partial charge in [-0.2, -0.15) is 0 Å². The zero-order chi connectivity index (χ0) is 20.8. The van der Waals surface area contributed by atoms with Crippen LogP contribution in [0.25, 0.3) is 0 Å². The number of benzene rings is 1. The van der Waals surface area contributed by atoms with Crippen LogP contribution in [0.1, 0.15) is 37.1 Å². The summed E-state index contributed by atoms with van der Waals surface area (Å²) in [6.45, 7) is 4.32. The first-order valence-corrected chi connectivity index (χ1v) is 11.1. The molecule has 2 aliphatic heterocycles. The number of amides is 3. The number of aromatic nitrogens is 2. The van der Waals surface area contributed by atoms with Gasteiger partial charge in [-0.1, -0.05) is 30.3 Å². The zero-order valence-corrected chi connectivity index (χ0v) is 17.5. The molecule has 1 atom stereocenters. The van der Waals surface area contributed by atoms with Crippen LogP contribution in [0.3, 0.4) is 0 Å². The molecule has 1 aromatic heterocycles. The van der Waals surface area contributed by atoms with E-state index < -0.39 is 0 Å². The Balaban J connectivity index is 1.25. The van der Waals surface area contributed by atoms with Crippen molar-refractivity contribution >= 4 is 11.9 Å². The molecule has 0 unspecified atom stereocenters. The number of carbonyl (C=O) groups excluding carboxylic acids is 2. The zero-order valence-electron chi connectivity index (χ0n) is 17.5. The molecule has 7 nitrogen and oxygen atoms in total. The van der Waals surface area contributed by atoms with E-state index in [0.29, 0.717) is 19.5 Å². The summed E-state index contributed by atoms with van der Waals surface area (Å²) < 4.78 is 2.12. The number of urea groups is 1. The van der Waals surface area contributed by atoms with Crippen LogP contribution >= 0.6 is 0 Å². The topological polar surface area (TPSA) is 70.5 Å². The van der Waals surface area contributed by atoms with Crippen molar-refractivity contribution in [2.24, 2.45) is 5.92 Å². The van der Waals surface area contributed by atoms with Crippen LogP contribution in [-0.4, -0.2) is 64.0 Å². The van der Waals surface area contributed by atoms with Crippen molar-refractivity contribution in [3.8, 4) is 0 Å². The average molecular weight is 410 g/mol. The average Bonchev–Trinajstić information content (AvgIpc) is 3.47. The molecule has 3 amide bonds. The number of nitrogens with zero attached hydrogens (tertiary/aromatic N) is 4. The van der Waals surface area contributed by atoms with Crippen molar-refractivity contribution in [2.75, 3.05) is 32.7 Å². The van der Waals surface area contributed by atoms with E-state index >= 15 is 0 Å². The maximum absolute atomic E-state index is 12.7. The standard InChI is InChI=1S/C23H31N5O2/c29-22(20-9-6-15-28(18-20)23(30)26-13-4-5-14-26)25-11-10-21-24-12-16-27(21)17-19-7-2-1-3-8-19/h1-3,7-8,12,16,20H,4-6,9-11,13-15,17-18H2,(H,25,29)/t20-/m0/s1. The minimum atomic E-state index is -0.116. The highest BCUT2D eigenvalue weighted by molar-refractivity contribution is 5.81. The van der Waals surface area contributed by atoms with E-state index in [1.807, 2.05) is 40.4 Å². The fourth-order valence-corrected chi connectivity index (χ4v) is 4.41. The van der Waals surface area contributed by atoms with Gasteiger partial charge < -0.3 is 19.7 Å². The fraction of sp³-hybridized carbons (Fsp3) is 0.522. The smallest absolute Gasteiger partial charge is 0.320 e. The van der Waals surface area contributed by atoms with Gasteiger partial charge in [0.1, 0.15) is 5.82 Å². The summed E-state index contributed by atoms with van der Waals surface area (Å²) in [7, 11) is 0. The summed E-state index contributed by atoms with van der Waals surface area (Å²) in [6, 6.07) is 10.4. The fourth-order valence-electron chi connectivity index (χ4n) is 4.41. The number of rotatable bonds is 6. The Morgan fingerprint density at radius 3 is 2.60 bits per heavy atom. The van der Waals surface area contributed by atoms with E-state index in [4.69, 9.17) is 0 Å². The molecule has 2 aromatic rings. The second kappa shape index (κ2) is 9.78. The van der Waals surface area contributed by atoms with Gasteiger partial charge >= 0.3 is 6.03 Å². The van der Waals surface area contributed by atoms with Crippen LogP contribution in [0.5, 0.6) is 0 Å². The Kier molecular flexibility index (Phi) is 6.67. The van der Waals surface area contributed by atoms with Crippen molar-refractivity contribution in [1.29, 1.82) is 0 Å². The van der Waals surface area contributed by atoms with E-state index in [1.165, 1.54) is 5.56 Å². The summed E-state index contributed by atoms with van der Waals surface area (Å²) >= 11 is 0. The maximum atomic E-state index is 12.7. The first kappa shape index (κ1) is 20.4. The summed E-state index contributed by atoms with van der Waals surface area (Å²) in [5, 5.41) is 3.07. The number of imidazole rings is 1. The first-order chi connectivity index (χ1) is 14.7. The Labute approximate surface area is 178 Å². The number of likely N-dealkylation sites (tertiary alicyclic amines) is 2. The highest BCUT2D eigenvalue weighted by Gasteiger charge is 2.31. The van der Waals surface area contributed by atoms with Crippen molar-refractivity contribution in [1.82, 2.24) is 24.7 Å². The van der Waals surface area contributed by atoms with Crippen molar-refractivity contribution in [3.05, 3.63) is 54.1 Å². The first-order valence-electron chi connectivity index (χ1n) is 11.1. The van der Waals surface area contributed by atoms with Gasteiger partial charge in [0.15, 0.2) is 0 Å². The molecule has 2 saturated heterocycles. The second-order valence-corrected chi connectivity index (χ2v) is 8.26. The Morgan fingerprint density at radius 1 is 1.03 bits per heavy atom. The van der Waals surface area contributed by atoms with Crippen LogP contribution in [0.2, 0.25) is 0 Å². The van der Waals surface area contributed by atoms with E-state index in [0.717, 1.165) is 57.7 Å². The third-order valence-corrected chi connectivity index (χ3v) is 6.08. The van der Waals surface area contributed by atoms with E-state index in [1.54, 1.807) is 0 Å². The number of carbonyl (C=O) groups is 2. The van der Waals surface area contributed by atoms with Gasteiger partial charge in [-0.25, -0.2) is 9.78 Å². The van der Waals surface area contributed by atoms with Crippen LogP contribution in [-0.2, 0) is 17.8 Å². The molecule has 2 aliphatic rings. The predicted octanol–water partition coefficient (Wildman–Crippen LogP) is 2.52. The highest BCUT2D eigenvalue weighted by Crippen LogP contribution is 2.20. The summed E-state index contributed by atoms with van der Waals surface area (Å²) in [5.74, 6) is 0.901. The van der Waals surface area contributed by atoms with Gasteiger partial charge in [-0.05, 0) is 31.2 Å². The lowest BCUT2D eigenvalue weighted by Gasteiger charge is -2.34. The number of nitrogens with one attached hydrogen (secondary N) is 1. The second-order valence-electron chi connectivity index (χ2n) is 8.26. The van der Waals surface area contributed by atoms with Crippen LogP contribution in [0.15, 0.2) is 42.7 Å². The van der Waals surface area contributed by atoms with Crippen LogP contribution in [0, 0.1) is 5.92 Å². The third-order valence-electron chi connectivity index (χ3n) is 6.08. The van der Waals surface area contributed by atoms with E-state index in [2.05, 4.69) is 27.0 Å². The van der Waals surface area contributed by atoms with E-state index in [9.17, 15) is 9.59 Å².